The maximum atomic E-state index is 12.2. The van der Waals surface area contributed by atoms with Gasteiger partial charge in [-0.2, -0.15) is 0 Å². The van der Waals surface area contributed by atoms with Crippen LogP contribution >= 0.6 is 31.9 Å². The minimum absolute atomic E-state index is 0.331. The second-order valence-electron chi connectivity index (χ2n) is 4.77. The van der Waals surface area contributed by atoms with Gasteiger partial charge in [0.2, 0.25) is 5.91 Å². The number of rotatable bonds is 5. The highest BCUT2D eigenvalue weighted by Gasteiger charge is 2.19. The predicted molar refractivity (Wildman–Crippen MR) is 92.4 cm³/mol. The predicted octanol–water partition coefficient (Wildman–Crippen LogP) is 3.04. The van der Waals surface area contributed by atoms with Gasteiger partial charge in [-0.15, -0.1) is 0 Å². The molecule has 0 saturated carbocycles. The SMILES string of the molecule is NC(=O)[C@H](Cc1ccc(Br)cc1)NC(=O)c1cccc(Br)c1. The number of halogens is 2. The first-order valence-corrected chi connectivity index (χ1v) is 8.14. The minimum Gasteiger partial charge on any atom is -0.368 e. The van der Waals surface area contributed by atoms with Gasteiger partial charge in [-0.1, -0.05) is 50.1 Å². The number of carbonyl (C=O) groups excluding carboxylic acids is 2. The lowest BCUT2D eigenvalue weighted by Gasteiger charge is -2.16. The van der Waals surface area contributed by atoms with Gasteiger partial charge in [0.25, 0.3) is 5.91 Å². The fourth-order valence-corrected chi connectivity index (χ4v) is 2.61. The smallest absolute Gasteiger partial charge is 0.251 e. The van der Waals surface area contributed by atoms with E-state index in [0.29, 0.717) is 12.0 Å². The van der Waals surface area contributed by atoms with Gasteiger partial charge >= 0.3 is 0 Å². The van der Waals surface area contributed by atoms with Crippen LogP contribution in [0.3, 0.4) is 0 Å². The largest absolute Gasteiger partial charge is 0.368 e. The topological polar surface area (TPSA) is 72.2 Å². The third-order valence-corrected chi connectivity index (χ3v) is 4.11. The molecule has 0 bridgehead atoms. The lowest BCUT2D eigenvalue weighted by atomic mass is 10.0. The van der Waals surface area contributed by atoms with Crippen LogP contribution in [-0.4, -0.2) is 17.9 Å². The Balaban J connectivity index is 2.10. The summed E-state index contributed by atoms with van der Waals surface area (Å²) in [4.78, 5) is 23.8. The number of nitrogens with two attached hydrogens (primary N) is 1. The molecule has 0 radical (unpaired) electrons. The molecule has 2 amide bonds. The van der Waals surface area contributed by atoms with E-state index in [-0.39, 0.29) is 5.91 Å². The summed E-state index contributed by atoms with van der Waals surface area (Å²) in [5.74, 6) is -0.895. The molecule has 1 atom stereocenters. The number of hydrogen-bond acceptors (Lipinski definition) is 2. The van der Waals surface area contributed by atoms with E-state index in [9.17, 15) is 9.59 Å². The van der Waals surface area contributed by atoms with Crippen LogP contribution in [0.15, 0.2) is 57.5 Å². The van der Waals surface area contributed by atoms with Crippen molar-refractivity contribution in [3.05, 3.63) is 68.6 Å². The Labute approximate surface area is 145 Å². The number of amides is 2. The van der Waals surface area contributed by atoms with Crippen LogP contribution < -0.4 is 11.1 Å². The summed E-state index contributed by atoms with van der Waals surface area (Å²) in [6.07, 6.45) is 0.350. The van der Waals surface area contributed by atoms with Gasteiger partial charge in [0, 0.05) is 20.9 Å². The minimum atomic E-state index is -0.757. The Morgan fingerprint density at radius 3 is 2.32 bits per heavy atom. The number of carbonyl (C=O) groups is 2. The third-order valence-electron chi connectivity index (χ3n) is 3.09. The summed E-state index contributed by atoms with van der Waals surface area (Å²) < 4.78 is 1.74. The second kappa shape index (κ2) is 7.56. The molecule has 0 saturated heterocycles. The standard InChI is InChI=1S/C16H14Br2N2O2/c17-12-6-4-10(5-7-12)8-14(15(19)21)20-16(22)11-2-1-3-13(18)9-11/h1-7,9,14H,8H2,(H2,19,21)(H,20,22)/t14-/m0/s1. The molecule has 3 N–H and O–H groups in total. The van der Waals surface area contributed by atoms with E-state index >= 15 is 0 Å². The zero-order valence-corrected chi connectivity index (χ0v) is 14.7. The Morgan fingerprint density at radius 1 is 1.05 bits per heavy atom. The van der Waals surface area contributed by atoms with Crippen molar-refractivity contribution in [2.24, 2.45) is 5.73 Å². The lowest BCUT2D eigenvalue weighted by Crippen LogP contribution is -2.45. The van der Waals surface area contributed by atoms with Crippen LogP contribution in [0, 0.1) is 0 Å². The summed E-state index contributed by atoms with van der Waals surface area (Å²) in [6.45, 7) is 0. The van der Waals surface area contributed by atoms with Gasteiger partial charge in [0.05, 0.1) is 0 Å². The quantitative estimate of drug-likeness (QED) is 0.772. The molecule has 0 spiro atoms. The van der Waals surface area contributed by atoms with Crippen molar-refractivity contribution in [2.75, 3.05) is 0 Å². The first-order chi connectivity index (χ1) is 10.5. The maximum absolute atomic E-state index is 12.2. The van der Waals surface area contributed by atoms with Gasteiger partial charge in [0.1, 0.15) is 6.04 Å². The number of primary amides is 1. The summed E-state index contributed by atoms with van der Waals surface area (Å²) in [5, 5.41) is 2.68. The fourth-order valence-electron chi connectivity index (χ4n) is 1.95. The van der Waals surface area contributed by atoms with Crippen LogP contribution in [0.1, 0.15) is 15.9 Å². The summed E-state index contributed by atoms with van der Waals surface area (Å²) >= 11 is 6.66. The molecule has 2 rings (SSSR count). The van der Waals surface area contributed by atoms with E-state index in [1.54, 1.807) is 18.2 Å². The zero-order valence-electron chi connectivity index (χ0n) is 11.6. The number of nitrogens with one attached hydrogen (secondary N) is 1. The first kappa shape index (κ1) is 16.7. The summed E-state index contributed by atoms with van der Waals surface area (Å²) in [5.41, 5.74) is 6.79. The molecule has 6 heteroatoms. The molecule has 0 aliphatic rings. The van der Waals surface area contributed by atoms with E-state index in [1.807, 2.05) is 30.3 Å². The molecule has 4 nitrogen and oxygen atoms in total. The van der Waals surface area contributed by atoms with Crippen molar-refractivity contribution >= 4 is 43.7 Å². The molecule has 0 heterocycles. The van der Waals surface area contributed by atoms with Crippen molar-refractivity contribution in [3.63, 3.8) is 0 Å². The molecule has 2 aromatic carbocycles. The van der Waals surface area contributed by atoms with Crippen LogP contribution in [0.2, 0.25) is 0 Å². The lowest BCUT2D eigenvalue weighted by molar-refractivity contribution is -0.119. The Morgan fingerprint density at radius 2 is 1.73 bits per heavy atom. The van der Waals surface area contributed by atoms with E-state index in [4.69, 9.17) is 5.73 Å². The second-order valence-corrected chi connectivity index (χ2v) is 6.60. The number of benzene rings is 2. The molecular formula is C16H14Br2N2O2. The highest BCUT2D eigenvalue weighted by atomic mass is 79.9. The highest BCUT2D eigenvalue weighted by Crippen LogP contribution is 2.14. The van der Waals surface area contributed by atoms with Crippen LogP contribution in [0.5, 0.6) is 0 Å². The van der Waals surface area contributed by atoms with E-state index in [1.165, 1.54) is 0 Å². The molecule has 22 heavy (non-hydrogen) atoms. The average molecular weight is 426 g/mol. The molecule has 0 aliphatic carbocycles. The Hall–Kier alpha value is -1.66. The van der Waals surface area contributed by atoms with Gasteiger partial charge in [0.15, 0.2) is 0 Å². The Kier molecular flexibility index (Phi) is 5.74. The van der Waals surface area contributed by atoms with Gasteiger partial charge in [-0.05, 0) is 35.9 Å². The summed E-state index contributed by atoms with van der Waals surface area (Å²) in [6, 6.07) is 13.7. The van der Waals surface area contributed by atoms with Crippen LogP contribution in [0.4, 0.5) is 0 Å². The van der Waals surface area contributed by atoms with Crippen molar-refractivity contribution in [3.8, 4) is 0 Å². The Bertz CT molecular complexity index is 687. The zero-order chi connectivity index (χ0) is 16.1. The summed E-state index contributed by atoms with van der Waals surface area (Å²) in [7, 11) is 0. The monoisotopic (exact) mass is 424 g/mol. The van der Waals surface area contributed by atoms with E-state index < -0.39 is 11.9 Å². The van der Waals surface area contributed by atoms with Gasteiger partial charge in [-0.25, -0.2) is 0 Å². The van der Waals surface area contributed by atoms with E-state index in [2.05, 4.69) is 37.2 Å². The molecule has 0 unspecified atom stereocenters. The molecular weight excluding hydrogens is 412 g/mol. The van der Waals surface area contributed by atoms with Crippen LogP contribution in [-0.2, 0) is 11.2 Å². The number of hydrogen-bond donors (Lipinski definition) is 2. The third kappa shape index (κ3) is 4.68. The van der Waals surface area contributed by atoms with Crippen LogP contribution in [0.25, 0.3) is 0 Å². The molecule has 0 aromatic heterocycles. The van der Waals surface area contributed by atoms with Gasteiger partial charge in [-0.3, -0.25) is 9.59 Å². The van der Waals surface area contributed by atoms with Gasteiger partial charge < -0.3 is 11.1 Å². The van der Waals surface area contributed by atoms with Crippen molar-refractivity contribution in [1.29, 1.82) is 0 Å². The van der Waals surface area contributed by atoms with Crippen molar-refractivity contribution in [1.82, 2.24) is 5.32 Å². The molecule has 114 valence electrons. The maximum Gasteiger partial charge on any atom is 0.251 e. The normalized spacial score (nSPS) is 11.7. The van der Waals surface area contributed by atoms with Crippen molar-refractivity contribution in [2.45, 2.75) is 12.5 Å². The first-order valence-electron chi connectivity index (χ1n) is 6.56. The average Bonchev–Trinajstić information content (AvgIpc) is 2.48. The highest BCUT2D eigenvalue weighted by molar-refractivity contribution is 9.10. The fraction of sp³-hybridized carbons (Fsp3) is 0.125. The molecule has 0 aliphatic heterocycles. The van der Waals surface area contributed by atoms with E-state index in [0.717, 1.165) is 14.5 Å². The molecule has 2 aromatic rings. The molecule has 0 fully saturated rings. The van der Waals surface area contributed by atoms with Crippen molar-refractivity contribution < 1.29 is 9.59 Å².